The fraction of sp³-hybridized carbons (Fsp3) is 0.200. The Bertz CT molecular complexity index is 1400. The van der Waals surface area contributed by atoms with Gasteiger partial charge in [-0.05, 0) is 45.3 Å². The van der Waals surface area contributed by atoms with Gasteiger partial charge in [-0.25, -0.2) is 12.4 Å². The highest BCUT2D eigenvalue weighted by Gasteiger charge is 2.30. The lowest BCUT2D eigenvalue weighted by Crippen LogP contribution is -2.19. The molecule has 0 spiro atoms. The molecule has 8 heteroatoms. The molecule has 0 saturated heterocycles. The minimum Gasteiger partial charge on any atom is -0.489 e. The Morgan fingerprint density at radius 1 is 0.970 bits per heavy atom. The Morgan fingerprint density at radius 3 is 2.27 bits per heavy atom. The zero-order valence-electron chi connectivity index (χ0n) is 18.5. The molecule has 0 aliphatic rings. The zero-order valence-corrected chi connectivity index (χ0v) is 20.9. The number of likely N-dealkylation sites (N-methyl/N-ethyl adjacent to an activating group) is 1. The Kier molecular flexibility index (Phi) is 6.73. The van der Waals surface area contributed by atoms with E-state index in [1.165, 1.54) is 3.97 Å². The van der Waals surface area contributed by atoms with Gasteiger partial charge in [0.25, 0.3) is 10.0 Å². The van der Waals surface area contributed by atoms with Crippen molar-refractivity contribution in [2.24, 2.45) is 0 Å². The Labute approximate surface area is 204 Å². The van der Waals surface area contributed by atoms with Gasteiger partial charge in [-0.15, -0.1) is 0 Å². The van der Waals surface area contributed by atoms with E-state index in [1.807, 2.05) is 56.3 Å². The maximum Gasteiger partial charge on any atom is 0.268 e. The number of ether oxygens (including phenoxy) is 1. The van der Waals surface area contributed by atoms with Crippen molar-refractivity contribution < 1.29 is 13.2 Å². The summed E-state index contributed by atoms with van der Waals surface area (Å²) < 4.78 is 35.5. The molecule has 4 aromatic rings. The molecule has 0 unspecified atom stereocenters. The van der Waals surface area contributed by atoms with Gasteiger partial charge >= 0.3 is 0 Å². The van der Waals surface area contributed by atoms with Crippen LogP contribution in [0.15, 0.2) is 71.6 Å². The van der Waals surface area contributed by atoms with E-state index in [4.69, 9.17) is 27.9 Å². The third kappa shape index (κ3) is 4.62. The minimum absolute atomic E-state index is 0.160. The summed E-state index contributed by atoms with van der Waals surface area (Å²) in [6.45, 7) is 2.92. The summed E-state index contributed by atoms with van der Waals surface area (Å²) in [5, 5.41) is 1.17. The number of rotatable bonds is 7. The summed E-state index contributed by atoms with van der Waals surface area (Å²) in [6, 6.07) is 19.3. The molecule has 0 bridgehead atoms. The molecule has 1 aromatic heterocycles. The van der Waals surface area contributed by atoms with E-state index in [9.17, 15) is 8.42 Å². The highest BCUT2D eigenvalue weighted by molar-refractivity contribution is 7.90. The highest BCUT2D eigenvalue weighted by Crippen LogP contribution is 2.45. The van der Waals surface area contributed by atoms with E-state index in [0.29, 0.717) is 46.1 Å². The number of hydrogen-bond acceptors (Lipinski definition) is 4. The van der Waals surface area contributed by atoms with E-state index >= 15 is 0 Å². The van der Waals surface area contributed by atoms with E-state index in [1.54, 1.807) is 36.4 Å². The Hall–Kier alpha value is -2.51. The van der Waals surface area contributed by atoms with Gasteiger partial charge in [0.2, 0.25) is 0 Å². The first kappa shape index (κ1) is 23.6. The summed E-state index contributed by atoms with van der Waals surface area (Å²) in [5.41, 5.74) is 2.40. The molecule has 0 aliphatic heterocycles. The van der Waals surface area contributed by atoms with Gasteiger partial charge in [-0.1, -0.05) is 71.2 Å². The lowest BCUT2D eigenvalue weighted by Gasteiger charge is -2.15. The number of halogens is 2. The van der Waals surface area contributed by atoms with Crippen LogP contribution in [-0.2, 0) is 10.0 Å². The number of hydrogen-bond donors (Lipinski definition) is 0. The van der Waals surface area contributed by atoms with Crippen LogP contribution >= 0.6 is 23.2 Å². The first-order valence-corrected chi connectivity index (χ1v) is 12.6. The van der Waals surface area contributed by atoms with Crippen molar-refractivity contribution in [1.82, 2.24) is 8.87 Å². The van der Waals surface area contributed by atoms with Gasteiger partial charge in [0, 0.05) is 22.5 Å². The number of benzene rings is 3. The molecular weight excluding hydrogens is 479 g/mol. The van der Waals surface area contributed by atoms with Crippen LogP contribution in [0.4, 0.5) is 0 Å². The lowest BCUT2D eigenvalue weighted by molar-refractivity contribution is 0.264. The van der Waals surface area contributed by atoms with Crippen molar-refractivity contribution in [2.75, 3.05) is 27.2 Å². The predicted molar refractivity (Wildman–Crippen MR) is 135 cm³/mol. The molecule has 0 N–H and O–H groups in total. The molecule has 5 nitrogen and oxygen atoms in total. The first-order valence-electron chi connectivity index (χ1n) is 10.4. The maximum atomic E-state index is 14.0. The fourth-order valence-corrected chi connectivity index (χ4v) is 5.84. The van der Waals surface area contributed by atoms with Gasteiger partial charge in [0.05, 0.1) is 15.4 Å². The minimum atomic E-state index is -4.02. The second-order valence-electron chi connectivity index (χ2n) is 8.06. The monoisotopic (exact) mass is 502 g/mol. The average molecular weight is 503 g/mol. The second kappa shape index (κ2) is 9.39. The Morgan fingerprint density at radius 2 is 1.64 bits per heavy atom. The van der Waals surface area contributed by atoms with Crippen LogP contribution in [0, 0.1) is 6.92 Å². The largest absolute Gasteiger partial charge is 0.489 e. The molecule has 0 atom stereocenters. The van der Waals surface area contributed by atoms with Crippen LogP contribution in [0.5, 0.6) is 5.75 Å². The van der Waals surface area contributed by atoms with Crippen molar-refractivity contribution in [1.29, 1.82) is 0 Å². The highest BCUT2D eigenvalue weighted by atomic mass is 35.5. The third-order valence-electron chi connectivity index (χ3n) is 5.29. The van der Waals surface area contributed by atoms with Crippen LogP contribution in [0.3, 0.4) is 0 Å². The summed E-state index contributed by atoms with van der Waals surface area (Å²) >= 11 is 12.9. The van der Waals surface area contributed by atoms with Crippen LogP contribution < -0.4 is 4.74 Å². The average Bonchev–Trinajstić information content (AvgIpc) is 3.10. The van der Waals surface area contributed by atoms with Crippen LogP contribution in [0.25, 0.3) is 22.2 Å². The Balaban J connectivity index is 2.09. The summed E-state index contributed by atoms with van der Waals surface area (Å²) in [6.07, 6.45) is 0. The molecule has 0 amide bonds. The van der Waals surface area contributed by atoms with Crippen LogP contribution in [0.1, 0.15) is 5.56 Å². The third-order valence-corrected chi connectivity index (χ3v) is 7.51. The van der Waals surface area contributed by atoms with E-state index in [-0.39, 0.29) is 9.92 Å². The van der Waals surface area contributed by atoms with Gasteiger partial charge in [-0.3, -0.25) is 0 Å². The summed E-state index contributed by atoms with van der Waals surface area (Å²) in [7, 11) is -0.129. The summed E-state index contributed by atoms with van der Waals surface area (Å²) in [4.78, 5) is 2.15. The standard InChI is InChI=1S/C25H24Cl2N2O3S/c1-17-9-11-20(12-10-17)33(30,31)29-23(18-7-5-4-6-8-18)25(32-14-13-28(2)3)21-15-19(26)16-22(27)24(21)29/h4-12,15-16H,13-14H2,1-3H3. The molecule has 0 saturated carbocycles. The van der Waals surface area contributed by atoms with E-state index in [0.717, 1.165) is 5.56 Å². The molecule has 1 heterocycles. The lowest BCUT2D eigenvalue weighted by atomic mass is 10.1. The van der Waals surface area contributed by atoms with Crippen molar-refractivity contribution >= 4 is 44.1 Å². The quantitative estimate of drug-likeness (QED) is 0.306. The first-order chi connectivity index (χ1) is 15.7. The SMILES string of the molecule is Cc1ccc(S(=O)(=O)n2c(-c3ccccc3)c(OCCN(C)C)c3cc(Cl)cc(Cl)c32)cc1. The predicted octanol–water partition coefficient (Wildman–Crippen LogP) is 6.10. The molecule has 172 valence electrons. The van der Waals surface area contributed by atoms with E-state index < -0.39 is 10.0 Å². The zero-order chi connectivity index (χ0) is 23.8. The second-order valence-corrected chi connectivity index (χ2v) is 10.7. The number of fused-ring (bicyclic) bond motifs is 1. The van der Waals surface area contributed by atoms with Gasteiger partial charge in [0.15, 0.2) is 5.75 Å². The number of nitrogens with zero attached hydrogens (tertiary/aromatic N) is 2. The number of aryl methyl sites for hydroxylation is 1. The summed E-state index contributed by atoms with van der Waals surface area (Å²) in [5.74, 6) is 0.429. The molecule has 0 fully saturated rings. The van der Waals surface area contributed by atoms with Crippen molar-refractivity contribution in [3.63, 3.8) is 0 Å². The fourth-order valence-electron chi connectivity index (χ4n) is 3.65. The molecule has 0 aliphatic carbocycles. The molecule has 33 heavy (non-hydrogen) atoms. The molecule has 3 aromatic carbocycles. The molecule has 0 radical (unpaired) electrons. The van der Waals surface area contributed by atoms with Crippen molar-refractivity contribution in [3.8, 4) is 17.0 Å². The smallest absolute Gasteiger partial charge is 0.268 e. The van der Waals surface area contributed by atoms with Crippen molar-refractivity contribution in [3.05, 3.63) is 82.3 Å². The molecule has 4 rings (SSSR count). The van der Waals surface area contributed by atoms with Crippen molar-refractivity contribution in [2.45, 2.75) is 11.8 Å². The normalized spacial score (nSPS) is 11.9. The number of aromatic nitrogens is 1. The molecular formula is C25H24Cl2N2O3S. The van der Waals surface area contributed by atoms with Crippen LogP contribution in [-0.4, -0.2) is 44.5 Å². The van der Waals surface area contributed by atoms with Gasteiger partial charge in [-0.2, -0.15) is 0 Å². The van der Waals surface area contributed by atoms with Crippen LogP contribution in [0.2, 0.25) is 10.0 Å². The van der Waals surface area contributed by atoms with E-state index in [2.05, 4.69) is 0 Å². The topological polar surface area (TPSA) is 51.5 Å². The maximum absolute atomic E-state index is 14.0. The van der Waals surface area contributed by atoms with Gasteiger partial charge < -0.3 is 9.64 Å². The van der Waals surface area contributed by atoms with Gasteiger partial charge in [0.1, 0.15) is 12.3 Å².